The number of benzene rings is 1. The van der Waals surface area contributed by atoms with Crippen molar-refractivity contribution in [2.24, 2.45) is 0 Å². The molecule has 21 heavy (non-hydrogen) atoms. The van der Waals surface area contributed by atoms with E-state index in [9.17, 15) is 5.11 Å². The van der Waals surface area contributed by atoms with E-state index in [1.807, 2.05) is 46.6 Å². The lowest BCUT2D eigenvalue weighted by Gasteiger charge is -2.09. The van der Waals surface area contributed by atoms with Crippen molar-refractivity contribution in [3.05, 3.63) is 36.2 Å². The summed E-state index contributed by atoms with van der Waals surface area (Å²) in [5, 5.41) is 16.9. The predicted octanol–water partition coefficient (Wildman–Crippen LogP) is 2.30. The average molecular weight is 285 g/mol. The van der Waals surface area contributed by atoms with E-state index in [-0.39, 0.29) is 6.61 Å². The number of fused-ring (bicyclic) bond motifs is 1. The number of nitrogens with one attached hydrogen (secondary N) is 1. The molecule has 0 saturated carbocycles. The van der Waals surface area contributed by atoms with Crippen LogP contribution in [0.4, 0.5) is 11.6 Å². The van der Waals surface area contributed by atoms with Gasteiger partial charge in [0, 0.05) is 13.1 Å². The van der Waals surface area contributed by atoms with Crippen molar-refractivity contribution in [1.29, 1.82) is 0 Å². The van der Waals surface area contributed by atoms with Gasteiger partial charge in [0.1, 0.15) is 0 Å². The molecule has 0 unspecified atom stereocenters. The Morgan fingerprint density at radius 2 is 2.10 bits per heavy atom. The molecule has 0 radical (unpaired) electrons. The third kappa shape index (κ3) is 2.38. The molecule has 0 aliphatic rings. The summed E-state index contributed by atoms with van der Waals surface area (Å²) in [5.41, 5.74) is 3.93. The highest BCUT2D eigenvalue weighted by Gasteiger charge is 2.12. The Kier molecular flexibility index (Phi) is 3.62. The highest BCUT2D eigenvalue weighted by molar-refractivity contribution is 5.79. The monoisotopic (exact) mass is 285 g/mol. The second-order valence-electron chi connectivity index (χ2n) is 4.88. The SMILES string of the molecule is CCn1ncc(Nc2nc3ccccc3n2CCO)c1C. The van der Waals surface area contributed by atoms with Gasteiger partial charge in [-0.25, -0.2) is 4.98 Å². The van der Waals surface area contributed by atoms with Crippen LogP contribution >= 0.6 is 0 Å². The largest absolute Gasteiger partial charge is 0.395 e. The number of aromatic nitrogens is 4. The van der Waals surface area contributed by atoms with Crippen LogP contribution in [0.5, 0.6) is 0 Å². The minimum Gasteiger partial charge on any atom is -0.395 e. The summed E-state index contributed by atoms with van der Waals surface area (Å²) in [5.74, 6) is 0.726. The number of imidazole rings is 1. The van der Waals surface area contributed by atoms with Crippen molar-refractivity contribution >= 4 is 22.7 Å². The fourth-order valence-corrected chi connectivity index (χ4v) is 2.51. The number of nitrogens with zero attached hydrogens (tertiary/aromatic N) is 4. The van der Waals surface area contributed by atoms with Crippen molar-refractivity contribution in [1.82, 2.24) is 19.3 Å². The third-order valence-electron chi connectivity index (χ3n) is 3.63. The topological polar surface area (TPSA) is 67.9 Å². The van der Waals surface area contributed by atoms with Crippen LogP contribution in [-0.4, -0.2) is 31.0 Å². The van der Waals surface area contributed by atoms with Crippen LogP contribution in [0.3, 0.4) is 0 Å². The van der Waals surface area contributed by atoms with Gasteiger partial charge in [0.05, 0.1) is 35.2 Å². The lowest BCUT2D eigenvalue weighted by Crippen LogP contribution is -2.07. The number of para-hydroxylation sites is 2. The summed E-state index contributed by atoms with van der Waals surface area (Å²) < 4.78 is 3.92. The van der Waals surface area contributed by atoms with Crippen molar-refractivity contribution in [3.63, 3.8) is 0 Å². The second-order valence-corrected chi connectivity index (χ2v) is 4.88. The smallest absolute Gasteiger partial charge is 0.208 e. The molecule has 0 aliphatic heterocycles. The van der Waals surface area contributed by atoms with Crippen molar-refractivity contribution < 1.29 is 5.11 Å². The fraction of sp³-hybridized carbons (Fsp3) is 0.333. The lowest BCUT2D eigenvalue weighted by molar-refractivity contribution is 0.278. The van der Waals surface area contributed by atoms with E-state index in [0.717, 1.165) is 34.9 Å². The first-order valence-electron chi connectivity index (χ1n) is 7.10. The molecule has 6 heteroatoms. The summed E-state index contributed by atoms with van der Waals surface area (Å²) in [6, 6.07) is 7.91. The zero-order valence-electron chi connectivity index (χ0n) is 12.2. The maximum atomic E-state index is 9.29. The first-order valence-corrected chi connectivity index (χ1v) is 7.10. The standard InChI is InChI=1S/C15H19N5O/c1-3-20-11(2)13(10-16-20)18-15-17-12-6-4-5-7-14(12)19(15)8-9-21/h4-7,10,21H,3,8-9H2,1-2H3,(H,17,18). The normalized spacial score (nSPS) is 11.2. The zero-order valence-corrected chi connectivity index (χ0v) is 12.2. The van der Waals surface area contributed by atoms with E-state index in [1.54, 1.807) is 0 Å². The fourth-order valence-electron chi connectivity index (χ4n) is 2.51. The Labute approximate surface area is 123 Å². The summed E-state index contributed by atoms with van der Waals surface area (Å²) in [4.78, 5) is 4.61. The molecule has 0 atom stereocenters. The molecule has 0 spiro atoms. The molecule has 110 valence electrons. The van der Waals surface area contributed by atoms with Crippen molar-refractivity contribution in [2.75, 3.05) is 11.9 Å². The molecule has 1 aromatic carbocycles. The molecule has 0 bridgehead atoms. The Hall–Kier alpha value is -2.34. The molecule has 0 saturated heterocycles. The van der Waals surface area contributed by atoms with E-state index in [0.29, 0.717) is 6.54 Å². The summed E-state index contributed by atoms with van der Waals surface area (Å²) in [7, 11) is 0. The van der Waals surface area contributed by atoms with Gasteiger partial charge in [-0.15, -0.1) is 0 Å². The van der Waals surface area contributed by atoms with Crippen LogP contribution in [0.1, 0.15) is 12.6 Å². The molecule has 2 heterocycles. The van der Waals surface area contributed by atoms with Crippen LogP contribution in [0.15, 0.2) is 30.5 Å². The van der Waals surface area contributed by atoms with Gasteiger partial charge in [0.15, 0.2) is 0 Å². The number of aliphatic hydroxyl groups excluding tert-OH is 1. The molecule has 3 rings (SSSR count). The molecular weight excluding hydrogens is 266 g/mol. The van der Waals surface area contributed by atoms with Crippen LogP contribution in [-0.2, 0) is 13.1 Å². The maximum Gasteiger partial charge on any atom is 0.208 e. The van der Waals surface area contributed by atoms with Crippen LogP contribution in [0.2, 0.25) is 0 Å². The van der Waals surface area contributed by atoms with Crippen LogP contribution in [0, 0.1) is 6.92 Å². The van der Waals surface area contributed by atoms with Gasteiger partial charge in [-0.2, -0.15) is 5.10 Å². The Morgan fingerprint density at radius 1 is 1.29 bits per heavy atom. The number of anilines is 2. The predicted molar refractivity (Wildman–Crippen MR) is 82.7 cm³/mol. The van der Waals surface area contributed by atoms with E-state index in [1.165, 1.54) is 0 Å². The number of hydrogen-bond donors (Lipinski definition) is 2. The average Bonchev–Trinajstić information content (AvgIpc) is 3.02. The molecule has 3 aromatic rings. The molecule has 6 nitrogen and oxygen atoms in total. The minimum absolute atomic E-state index is 0.0717. The van der Waals surface area contributed by atoms with E-state index in [4.69, 9.17) is 0 Å². The van der Waals surface area contributed by atoms with Crippen LogP contribution < -0.4 is 5.32 Å². The number of aliphatic hydroxyl groups is 1. The highest BCUT2D eigenvalue weighted by Crippen LogP contribution is 2.24. The quantitative estimate of drug-likeness (QED) is 0.755. The molecule has 0 aliphatic carbocycles. The second kappa shape index (κ2) is 5.57. The minimum atomic E-state index is 0.0717. The van der Waals surface area contributed by atoms with Gasteiger partial charge >= 0.3 is 0 Å². The van der Waals surface area contributed by atoms with Gasteiger partial charge in [0.2, 0.25) is 5.95 Å². The Morgan fingerprint density at radius 3 is 2.81 bits per heavy atom. The number of rotatable bonds is 5. The van der Waals surface area contributed by atoms with Crippen molar-refractivity contribution in [2.45, 2.75) is 26.9 Å². The lowest BCUT2D eigenvalue weighted by atomic mass is 10.3. The highest BCUT2D eigenvalue weighted by atomic mass is 16.3. The summed E-state index contributed by atoms with van der Waals surface area (Å²) >= 11 is 0. The van der Waals surface area contributed by atoms with Gasteiger partial charge in [0.25, 0.3) is 0 Å². The van der Waals surface area contributed by atoms with Gasteiger partial charge in [-0.1, -0.05) is 12.1 Å². The van der Waals surface area contributed by atoms with E-state index < -0.39 is 0 Å². The number of hydrogen-bond acceptors (Lipinski definition) is 4. The summed E-state index contributed by atoms with van der Waals surface area (Å²) in [6.07, 6.45) is 1.81. The van der Waals surface area contributed by atoms with E-state index in [2.05, 4.69) is 22.3 Å². The Balaban J connectivity index is 2.03. The van der Waals surface area contributed by atoms with Gasteiger partial charge in [-0.05, 0) is 26.0 Å². The van der Waals surface area contributed by atoms with Gasteiger partial charge < -0.3 is 15.0 Å². The third-order valence-corrected chi connectivity index (χ3v) is 3.63. The molecular formula is C15H19N5O. The molecule has 0 amide bonds. The summed E-state index contributed by atoms with van der Waals surface area (Å²) in [6.45, 7) is 5.50. The Bertz CT molecular complexity index is 759. The maximum absolute atomic E-state index is 9.29. The molecule has 2 aromatic heterocycles. The van der Waals surface area contributed by atoms with E-state index >= 15 is 0 Å². The van der Waals surface area contributed by atoms with Gasteiger partial charge in [-0.3, -0.25) is 4.68 Å². The van der Waals surface area contributed by atoms with Crippen molar-refractivity contribution in [3.8, 4) is 0 Å². The number of aryl methyl sites for hydroxylation is 1. The zero-order chi connectivity index (χ0) is 14.8. The first kappa shape index (κ1) is 13.6. The molecule has 0 fully saturated rings. The first-order chi connectivity index (χ1) is 10.2. The molecule has 2 N–H and O–H groups in total. The van der Waals surface area contributed by atoms with Crippen LogP contribution in [0.25, 0.3) is 11.0 Å².